The highest BCUT2D eigenvalue weighted by atomic mass is 16.5. The highest BCUT2D eigenvalue weighted by Crippen LogP contribution is 2.25. The van der Waals surface area contributed by atoms with Crippen molar-refractivity contribution in [2.45, 2.75) is 6.54 Å². The smallest absolute Gasteiger partial charge is 0.328 e. The Balaban J connectivity index is 1.88. The Hall–Kier alpha value is -4.47. The summed E-state index contributed by atoms with van der Waals surface area (Å²) in [6.07, 6.45) is 0.470. The molecule has 0 bridgehead atoms. The lowest BCUT2D eigenvalue weighted by atomic mass is 10.1. The lowest BCUT2D eigenvalue weighted by Gasteiger charge is -2.10. The van der Waals surface area contributed by atoms with Crippen LogP contribution in [-0.4, -0.2) is 38.9 Å². The van der Waals surface area contributed by atoms with Crippen LogP contribution in [0.5, 0.6) is 5.75 Å². The van der Waals surface area contributed by atoms with E-state index in [0.717, 1.165) is 5.56 Å². The molecule has 0 aliphatic heterocycles. The third-order valence-electron chi connectivity index (χ3n) is 4.77. The fraction of sp³-hybridized carbons (Fsp3) is 0.0952. The molecule has 0 unspecified atom stereocenters. The quantitative estimate of drug-likeness (QED) is 0.388. The maximum Gasteiger partial charge on any atom is 0.328 e. The zero-order valence-corrected chi connectivity index (χ0v) is 16.5. The fourth-order valence-corrected chi connectivity index (χ4v) is 3.25. The molecule has 0 atom stereocenters. The third kappa shape index (κ3) is 3.73. The number of hydrogen-bond donors (Lipinski definition) is 3. The first kappa shape index (κ1) is 19.8. The molecule has 0 aliphatic rings. The predicted molar refractivity (Wildman–Crippen MR) is 114 cm³/mol. The molecule has 0 saturated carbocycles. The maximum absolute atomic E-state index is 12.7. The second kappa shape index (κ2) is 8.11. The van der Waals surface area contributed by atoms with Gasteiger partial charge in [0, 0.05) is 16.7 Å². The second-order valence-corrected chi connectivity index (χ2v) is 6.63. The number of H-pyrrole nitrogens is 1. The molecule has 4 aromatic rings. The van der Waals surface area contributed by atoms with Gasteiger partial charge in [-0.25, -0.2) is 14.8 Å². The molecule has 2 amide bonds. The number of anilines is 1. The van der Waals surface area contributed by atoms with Gasteiger partial charge >= 0.3 is 5.69 Å². The summed E-state index contributed by atoms with van der Waals surface area (Å²) in [6.45, 7) is 0.195. The number of fused-ring (bicyclic) bond motifs is 1. The summed E-state index contributed by atoms with van der Waals surface area (Å²) in [7, 11) is 1.55. The molecular weight excluding hydrogens is 400 g/mol. The molecule has 0 radical (unpaired) electrons. The summed E-state index contributed by atoms with van der Waals surface area (Å²) >= 11 is 0. The molecule has 2 heterocycles. The molecule has 31 heavy (non-hydrogen) atoms. The normalized spacial score (nSPS) is 10.7. The number of hydrogen-bond acceptors (Lipinski definition) is 6. The number of aromatic amines is 1. The number of para-hydroxylation sites is 1. The summed E-state index contributed by atoms with van der Waals surface area (Å²) < 4.78 is 6.81. The van der Waals surface area contributed by atoms with Crippen LogP contribution in [0.2, 0.25) is 0 Å². The number of aromatic nitrogens is 4. The Kier molecular flexibility index (Phi) is 5.19. The molecule has 0 fully saturated rings. The molecule has 156 valence electrons. The van der Waals surface area contributed by atoms with Gasteiger partial charge in [-0.2, -0.15) is 0 Å². The number of nitrogens with one attached hydrogen (secondary N) is 2. The molecule has 2 aromatic heterocycles. The van der Waals surface area contributed by atoms with Crippen molar-refractivity contribution in [1.82, 2.24) is 19.5 Å². The van der Waals surface area contributed by atoms with Crippen LogP contribution in [0.25, 0.3) is 22.6 Å². The number of rotatable bonds is 7. The van der Waals surface area contributed by atoms with Crippen molar-refractivity contribution in [3.63, 3.8) is 0 Å². The molecule has 10 heteroatoms. The van der Waals surface area contributed by atoms with E-state index < -0.39 is 11.6 Å². The van der Waals surface area contributed by atoms with Crippen molar-refractivity contribution in [1.29, 1.82) is 0 Å². The van der Waals surface area contributed by atoms with Crippen molar-refractivity contribution in [2.24, 2.45) is 5.73 Å². The van der Waals surface area contributed by atoms with Crippen LogP contribution in [0.15, 0.2) is 53.3 Å². The van der Waals surface area contributed by atoms with Gasteiger partial charge in [0.2, 0.25) is 12.3 Å². The van der Waals surface area contributed by atoms with E-state index in [0.29, 0.717) is 34.5 Å². The SMILES string of the molecule is COc1ccccc1Cn1c(=O)[nH]c2c(NC=O)nc(-c3ccc(C(N)=O)cc3)nc21. The Labute approximate surface area is 175 Å². The summed E-state index contributed by atoms with van der Waals surface area (Å²) in [6, 6.07) is 13.7. The number of ether oxygens (including phenoxy) is 1. The van der Waals surface area contributed by atoms with Crippen molar-refractivity contribution in [3.8, 4) is 17.1 Å². The van der Waals surface area contributed by atoms with Gasteiger partial charge in [0.1, 0.15) is 11.3 Å². The van der Waals surface area contributed by atoms with Crippen molar-refractivity contribution < 1.29 is 14.3 Å². The number of amides is 2. The van der Waals surface area contributed by atoms with Gasteiger partial charge < -0.3 is 20.8 Å². The first-order valence-corrected chi connectivity index (χ1v) is 9.24. The van der Waals surface area contributed by atoms with Gasteiger partial charge in [0.15, 0.2) is 17.3 Å². The van der Waals surface area contributed by atoms with E-state index in [2.05, 4.69) is 20.3 Å². The van der Waals surface area contributed by atoms with Gasteiger partial charge in [-0.15, -0.1) is 0 Å². The number of benzene rings is 2. The highest BCUT2D eigenvalue weighted by Gasteiger charge is 2.17. The molecule has 0 aliphatic carbocycles. The van der Waals surface area contributed by atoms with E-state index in [-0.39, 0.29) is 18.2 Å². The average Bonchev–Trinajstić information content (AvgIpc) is 3.10. The lowest BCUT2D eigenvalue weighted by molar-refractivity contribution is -0.105. The average molecular weight is 418 g/mol. The van der Waals surface area contributed by atoms with E-state index in [4.69, 9.17) is 10.5 Å². The second-order valence-electron chi connectivity index (χ2n) is 6.63. The van der Waals surface area contributed by atoms with Crippen molar-refractivity contribution >= 4 is 29.3 Å². The van der Waals surface area contributed by atoms with E-state index in [1.807, 2.05) is 18.2 Å². The molecular formula is C21H18N6O4. The number of carbonyl (C=O) groups excluding carboxylic acids is 2. The standard InChI is InChI=1S/C21H18N6O4/c1-31-15-5-3-2-4-14(15)10-27-20-16(24-21(27)30)19(23-11-28)25-18(26-20)13-8-6-12(7-9-13)17(22)29/h2-9,11H,10H2,1H3,(H2,22,29)(H,24,30)(H,23,25,26,28). The Morgan fingerprint density at radius 1 is 1.19 bits per heavy atom. The van der Waals surface area contributed by atoms with Crippen LogP contribution >= 0.6 is 0 Å². The maximum atomic E-state index is 12.7. The van der Waals surface area contributed by atoms with Gasteiger partial charge in [0.25, 0.3) is 0 Å². The van der Waals surface area contributed by atoms with Gasteiger partial charge in [-0.3, -0.25) is 14.2 Å². The minimum Gasteiger partial charge on any atom is -0.496 e. The molecule has 0 saturated heterocycles. The van der Waals surface area contributed by atoms with E-state index in [9.17, 15) is 14.4 Å². The first-order valence-electron chi connectivity index (χ1n) is 9.24. The summed E-state index contributed by atoms with van der Waals surface area (Å²) in [5.41, 5.74) is 7.18. The minimum atomic E-state index is -0.553. The van der Waals surface area contributed by atoms with Crippen molar-refractivity contribution in [3.05, 3.63) is 70.1 Å². The monoisotopic (exact) mass is 418 g/mol. The molecule has 10 nitrogen and oxygen atoms in total. The highest BCUT2D eigenvalue weighted by molar-refractivity contribution is 5.93. The van der Waals surface area contributed by atoms with Crippen LogP contribution in [0.4, 0.5) is 5.82 Å². The lowest BCUT2D eigenvalue weighted by Crippen LogP contribution is -2.18. The zero-order chi connectivity index (χ0) is 22.0. The van der Waals surface area contributed by atoms with E-state index in [1.165, 1.54) is 4.57 Å². The number of primary amides is 1. The third-order valence-corrected chi connectivity index (χ3v) is 4.77. The number of imidazole rings is 1. The van der Waals surface area contributed by atoms with Crippen LogP contribution in [-0.2, 0) is 11.3 Å². The van der Waals surface area contributed by atoms with Crippen LogP contribution in [0.3, 0.4) is 0 Å². The molecule has 2 aromatic carbocycles. The largest absolute Gasteiger partial charge is 0.496 e. The fourth-order valence-electron chi connectivity index (χ4n) is 3.25. The first-order chi connectivity index (χ1) is 15.0. The van der Waals surface area contributed by atoms with E-state index in [1.54, 1.807) is 37.4 Å². The Bertz CT molecular complexity index is 1340. The zero-order valence-electron chi connectivity index (χ0n) is 16.5. The number of carbonyl (C=O) groups is 2. The molecule has 0 spiro atoms. The molecule has 4 N–H and O–H groups in total. The van der Waals surface area contributed by atoms with E-state index >= 15 is 0 Å². The van der Waals surface area contributed by atoms with Crippen molar-refractivity contribution in [2.75, 3.05) is 12.4 Å². The molecule has 4 rings (SSSR count). The Morgan fingerprint density at radius 3 is 2.61 bits per heavy atom. The van der Waals surface area contributed by atoms with Gasteiger partial charge in [-0.05, 0) is 18.2 Å². The van der Waals surface area contributed by atoms with Crippen LogP contribution < -0.4 is 21.5 Å². The summed E-state index contributed by atoms with van der Waals surface area (Å²) in [5.74, 6) is 0.499. The Morgan fingerprint density at radius 2 is 1.94 bits per heavy atom. The number of nitrogens with zero attached hydrogens (tertiary/aromatic N) is 3. The predicted octanol–water partition coefficient (Wildman–Crippen LogP) is 1.51. The minimum absolute atomic E-state index is 0.157. The topological polar surface area (TPSA) is 145 Å². The van der Waals surface area contributed by atoms with Gasteiger partial charge in [0.05, 0.1) is 13.7 Å². The number of nitrogens with two attached hydrogens (primary N) is 1. The summed E-state index contributed by atoms with van der Waals surface area (Å²) in [5, 5.41) is 2.50. The number of methoxy groups -OCH3 is 1. The van der Waals surface area contributed by atoms with Crippen LogP contribution in [0, 0.1) is 0 Å². The van der Waals surface area contributed by atoms with Gasteiger partial charge in [-0.1, -0.05) is 30.3 Å². The van der Waals surface area contributed by atoms with Crippen LogP contribution in [0.1, 0.15) is 15.9 Å². The summed E-state index contributed by atoms with van der Waals surface area (Å²) in [4.78, 5) is 46.7.